The number of aromatic amines is 1. The molecule has 144 valence electrons. The molecule has 0 unspecified atom stereocenters. The summed E-state index contributed by atoms with van der Waals surface area (Å²) in [5.74, 6) is 2.27. The molecule has 0 radical (unpaired) electrons. The van der Waals surface area contributed by atoms with Crippen LogP contribution in [0.3, 0.4) is 0 Å². The van der Waals surface area contributed by atoms with Crippen LogP contribution in [-0.2, 0) is 12.8 Å². The van der Waals surface area contributed by atoms with Gasteiger partial charge in [-0.15, -0.1) is 5.10 Å². The molecule has 0 saturated heterocycles. The van der Waals surface area contributed by atoms with Crippen LogP contribution in [-0.4, -0.2) is 31.7 Å². The average Bonchev–Trinajstić information content (AvgIpc) is 3.38. The lowest BCUT2D eigenvalue weighted by atomic mass is 10.1. The highest BCUT2D eigenvalue weighted by Crippen LogP contribution is 2.23. The lowest BCUT2D eigenvalue weighted by Gasteiger charge is -2.05. The Morgan fingerprint density at radius 3 is 2.72 bits per heavy atom. The number of ether oxygens (including phenoxy) is 1. The van der Waals surface area contributed by atoms with Crippen molar-refractivity contribution in [2.75, 3.05) is 7.11 Å². The number of H-pyrrole nitrogens is 1. The number of benzene rings is 2. The summed E-state index contributed by atoms with van der Waals surface area (Å²) in [5.41, 5.74) is 4.53. The Labute approximate surface area is 168 Å². The maximum Gasteiger partial charge on any atom is 0.252 e. The first-order valence-corrected chi connectivity index (χ1v) is 9.72. The average molecular weight is 383 g/mol. The molecule has 0 aliphatic carbocycles. The normalized spacial score (nSPS) is 11.3. The summed E-state index contributed by atoms with van der Waals surface area (Å²) in [6.45, 7) is 0. The fraction of sp³-hybridized carbons (Fsp3) is 0.174. The Morgan fingerprint density at radius 1 is 1.00 bits per heavy atom. The molecule has 0 amide bonds. The lowest BCUT2D eigenvalue weighted by molar-refractivity contribution is 0.415. The van der Waals surface area contributed by atoms with Gasteiger partial charge in [0.25, 0.3) is 5.78 Å². The standard InChI is InChI=1S/C23H21N5O/c1-29-18-11-9-16(10-12-18)21-13-14-24-23-26-22(27-28(21)23)8-4-5-17-15-25-20-7-3-2-6-19(17)20/h2-3,6-7,9-15,25H,4-5,8H2,1H3. The first-order valence-electron chi connectivity index (χ1n) is 9.72. The third kappa shape index (κ3) is 3.33. The third-order valence-electron chi connectivity index (χ3n) is 5.19. The third-order valence-corrected chi connectivity index (χ3v) is 5.19. The van der Waals surface area contributed by atoms with E-state index in [-0.39, 0.29) is 0 Å². The second kappa shape index (κ2) is 7.39. The lowest BCUT2D eigenvalue weighted by Crippen LogP contribution is -1.97. The van der Waals surface area contributed by atoms with Crippen LogP contribution in [0.1, 0.15) is 17.8 Å². The largest absolute Gasteiger partial charge is 0.497 e. The van der Waals surface area contributed by atoms with Crippen molar-refractivity contribution in [1.29, 1.82) is 0 Å². The van der Waals surface area contributed by atoms with Gasteiger partial charge < -0.3 is 9.72 Å². The van der Waals surface area contributed by atoms with E-state index in [1.807, 2.05) is 34.8 Å². The highest BCUT2D eigenvalue weighted by molar-refractivity contribution is 5.83. The number of aromatic nitrogens is 5. The molecule has 5 aromatic rings. The number of hydrogen-bond acceptors (Lipinski definition) is 4. The number of para-hydroxylation sites is 1. The fourth-order valence-corrected chi connectivity index (χ4v) is 3.70. The molecule has 0 aliphatic heterocycles. The minimum atomic E-state index is 0.625. The smallest absolute Gasteiger partial charge is 0.252 e. The molecule has 0 saturated carbocycles. The van der Waals surface area contributed by atoms with Gasteiger partial charge in [-0.3, -0.25) is 0 Å². The predicted molar refractivity (Wildman–Crippen MR) is 113 cm³/mol. The molecule has 3 heterocycles. The Hall–Kier alpha value is -3.67. The second-order valence-corrected chi connectivity index (χ2v) is 7.01. The molecule has 5 rings (SSSR count). The zero-order chi connectivity index (χ0) is 19.6. The summed E-state index contributed by atoms with van der Waals surface area (Å²) >= 11 is 0. The summed E-state index contributed by atoms with van der Waals surface area (Å²) in [7, 11) is 1.67. The SMILES string of the molecule is COc1ccc(-c2ccnc3nc(CCCc4c[nH]c5ccccc45)nn23)cc1. The molecule has 6 nitrogen and oxygen atoms in total. The van der Waals surface area contributed by atoms with Gasteiger partial charge in [0.15, 0.2) is 5.82 Å². The van der Waals surface area contributed by atoms with Crippen LogP contribution >= 0.6 is 0 Å². The van der Waals surface area contributed by atoms with E-state index in [0.717, 1.165) is 42.1 Å². The van der Waals surface area contributed by atoms with Crippen molar-refractivity contribution in [1.82, 2.24) is 24.6 Å². The van der Waals surface area contributed by atoms with Gasteiger partial charge in [-0.05, 0) is 54.8 Å². The van der Waals surface area contributed by atoms with Crippen molar-refractivity contribution >= 4 is 16.7 Å². The molecule has 2 aromatic carbocycles. The van der Waals surface area contributed by atoms with Gasteiger partial charge >= 0.3 is 0 Å². The van der Waals surface area contributed by atoms with E-state index in [1.54, 1.807) is 13.3 Å². The zero-order valence-corrected chi connectivity index (χ0v) is 16.2. The van der Waals surface area contributed by atoms with Crippen LogP contribution in [0.5, 0.6) is 5.75 Å². The highest BCUT2D eigenvalue weighted by Gasteiger charge is 2.11. The van der Waals surface area contributed by atoms with Crippen LogP contribution in [0.25, 0.3) is 27.9 Å². The number of methoxy groups -OCH3 is 1. The van der Waals surface area contributed by atoms with Gasteiger partial charge in [0.05, 0.1) is 12.8 Å². The molecule has 3 aromatic heterocycles. The molecular weight excluding hydrogens is 362 g/mol. The van der Waals surface area contributed by atoms with E-state index >= 15 is 0 Å². The number of fused-ring (bicyclic) bond motifs is 2. The number of aryl methyl sites for hydroxylation is 2. The monoisotopic (exact) mass is 383 g/mol. The number of rotatable bonds is 6. The molecule has 0 fully saturated rings. The van der Waals surface area contributed by atoms with Gasteiger partial charge in [-0.1, -0.05) is 18.2 Å². The number of nitrogens with one attached hydrogen (secondary N) is 1. The van der Waals surface area contributed by atoms with Crippen LogP contribution in [0.15, 0.2) is 67.0 Å². The fourth-order valence-electron chi connectivity index (χ4n) is 3.70. The minimum absolute atomic E-state index is 0.625. The van der Waals surface area contributed by atoms with Crippen molar-refractivity contribution in [3.8, 4) is 17.0 Å². The van der Waals surface area contributed by atoms with E-state index in [0.29, 0.717) is 5.78 Å². The van der Waals surface area contributed by atoms with Crippen LogP contribution in [0.2, 0.25) is 0 Å². The van der Waals surface area contributed by atoms with Crippen LogP contribution < -0.4 is 4.74 Å². The Bertz CT molecular complexity index is 1270. The van der Waals surface area contributed by atoms with E-state index in [2.05, 4.69) is 45.4 Å². The molecule has 29 heavy (non-hydrogen) atoms. The summed E-state index contributed by atoms with van der Waals surface area (Å²) < 4.78 is 7.07. The van der Waals surface area contributed by atoms with Gasteiger partial charge in [0.2, 0.25) is 0 Å². The van der Waals surface area contributed by atoms with Crippen LogP contribution in [0.4, 0.5) is 0 Å². The Balaban J connectivity index is 1.36. The van der Waals surface area contributed by atoms with E-state index < -0.39 is 0 Å². The molecular formula is C23H21N5O. The van der Waals surface area contributed by atoms with Gasteiger partial charge in [0.1, 0.15) is 5.75 Å². The minimum Gasteiger partial charge on any atom is -0.497 e. The summed E-state index contributed by atoms with van der Waals surface area (Å²) in [6, 6.07) is 18.3. The van der Waals surface area contributed by atoms with Crippen LogP contribution in [0, 0.1) is 0 Å². The Morgan fingerprint density at radius 2 is 1.86 bits per heavy atom. The van der Waals surface area contributed by atoms with Crippen molar-refractivity contribution < 1.29 is 4.74 Å². The zero-order valence-electron chi connectivity index (χ0n) is 16.2. The van der Waals surface area contributed by atoms with Crippen molar-refractivity contribution in [3.05, 3.63) is 78.4 Å². The van der Waals surface area contributed by atoms with Crippen molar-refractivity contribution in [2.24, 2.45) is 0 Å². The van der Waals surface area contributed by atoms with E-state index in [9.17, 15) is 0 Å². The maximum atomic E-state index is 5.25. The van der Waals surface area contributed by atoms with Gasteiger partial charge in [0, 0.05) is 35.3 Å². The highest BCUT2D eigenvalue weighted by atomic mass is 16.5. The summed E-state index contributed by atoms with van der Waals surface area (Å²) in [6.07, 6.45) is 6.66. The van der Waals surface area contributed by atoms with Gasteiger partial charge in [-0.25, -0.2) is 4.98 Å². The Kier molecular flexibility index (Phi) is 4.44. The first-order chi connectivity index (χ1) is 14.3. The molecule has 0 spiro atoms. The molecule has 0 aliphatic rings. The van der Waals surface area contributed by atoms with E-state index in [1.165, 1.54) is 16.5 Å². The first kappa shape index (κ1) is 17.4. The number of nitrogens with zero attached hydrogens (tertiary/aromatic N) is 4. The molecule has 1 N–H and O–H groups in total. The van der Waals surface area contributed by atoms with Gasteiger partial charge in [-0.2, -0.15) is 9.50 Å². The van der Waals surface area contributed by atoms with E-state index in [4.69, 9.17) is 9.84 Å². The second-order valence-electron chi connectivity index (χ2n) is 7.01. The number of hydrogen-bond donors (Lipinski definition) is 1. The molecule has 0 bridgehead atoms. The predicted octanol–water partition coefficient (Wildman–Crippen LogP) is 4.46. The molecule has 0 atom stereocenters. The maximum absolute atomic E-state index is 5.25. The summed E-state index contributed by atoms with van der Waals surface area (Å²) in [4.78, 5) is 12.3. The van der Waals surface area contributed by atoms with Crippen molar-refractivity contribution in [2.45, 2.75) is 19.3 Å². The summed E-state index contributed by atoms with van der Waals surface area (Å²) in [5, 5.41) is 6.01. The van der Waals surface area contributed by atoms with Crippen molar-refractivity contribution in [3.63, 3.8) is 0 Å². The molecule has 6 heteroatoms. The quantitative estimate of drug-likeness (QED) is 0.470. The topological polar surface area (TPSA) is 68.1 Å².